The molecule has 3 aromatic rings. The van der Waals surface area contributed by atoms with Crippen LogP contribution >= 0.6 is 11.3 Å². The molecule has 6 nitrogen and oxygen atoms in total. The SMILES string of the molecule is O=C(Cc1ccccc1)N(CC(=O)N1CCc2sccc2[C@@H]1COc1ccccc1F)C[C@H]1CCCO1. The standard InChI is InChI=1S/C29H31FN2O4S/c30-24-10-4-5-11-26(24)36-20-25-23-13-16-37-27(23)12-14-32(25)29(34)19-31(18-22-9-6-15-35-22)28(33)17-21-7-2-1-3-8-21/h1-5,7-8,10-11,13,16,22,25H,6,9,12,14-15,17-20H2/t22-,25+/m1/s1. The first kappa shape index (κ1) is 25.4. The third-order valence-corrected chi connectivity index (χ3v) is 7.97. The molecule has 0 saturated carbocycles. The van der Waals surface area contributed by atoms with Crippen molar-refractivity contribution in [2.45, 2.75) is 37.8 Å². The summed E-state index contributed by atoms with van der Waals surface area (Å²) < 4.78 is 25.9. The first-order chi connectivity index (χ1) is 18.1. The van der Waals surface area contributed by atoms with E-state index in [0.717, 1.165) is 30.4 Å². The predicted molar refractivity (Wildman–Crippen MR) is 140 cm³/mol. The van der Waals surface area contributed by atoms with Crippen LogP contribution in [0.15, 0.2) is 66.0 Å². The normalized spacial score (nSPS) is 18.9. The minimum absolute atomic E-state index is 0.0266. The number of nitrogens with zero attached hydrogens (tertiary/aromatic N) is 2. The Kier molecular flexibility index (Phi) is 8.16. The molecule has 0 spiro atoms. The van der Waals surface area contributed by atoms with Gasteiger partial charge in [-0.3, -0.25) is 9.59 Å². The third kappa shape index (κ3) is 6.19. The summed E-state index contributed by atoms with van der Waals surface area (Å²) in [4.78, 5) is 31.7. The fourth-order valence-electron chi connectivity index (χ4n) is 5.03. The second-order valence-corrected chi connectivity index (χ2v) is 10.5. The van der Waals surface area contributed by atoms with Crippen LogP contribution in [0.4, 0.5) is 4.39 Å². The lowest BCUT2D eigenvalue weighted by Gasteiger charge is -2.37. The van der Waals surface area contributed by atoms with Gasteiger partial charge in [0.1, 0.15) is 6.61 Å². The zero-order chi connectivity index (χ0) is 25.6. The third-order valence-electron chi connectivity index (χ3n) is 6.97. The van der Waals surface area contributed by atoms with E-state index in [9.17, 15) is 14.0 Å². The maximum absolute atomic E-state index is 14.2. The van der Waals surface area contributed by atoms with Gasteiger partial charge in [-0.15, -0.1) is 11.3 Å². The smallest absolute Gasteiger partial charge is 0.242 e. The van der Waals surface area contributed by atoms with Crippen LogP contribution in [0.1, 0.15) is 34.9 Å². The lowest BCUT2D eigenvalue weighted by Crippen LogP contribution is -2.49. The summed E-state index contributed by atoms with van der Waals surface area (Å²) in [6, 6.07) is 17.5. The summed E-state index contributed by atoms with van der Waals surface area (Å²) in [5.41, 5.74) is 1.94. The van der Waals surface area contributed by atoms with Gasteiger partial charge in [0.2, 0.25) is 11.8 Å². The highest BCUT2D eigenvalue weighted by molar-refractivity contribution is 7.10. The molecule has 1 aromatic heterocycles. The van der Waals surface area contributed by atoms with E-state index in [0.29, 0.717) is 19.7 Å². The van der Waals surface area contributed by atoms with E-state index < -0.39 is 5.82 Å². The number of carbonyl (C=O) groups excluding carboxylic acids is 2. The molecular weight excluding hydrogens is 491 g/mol. The number of thiophene rings is 1. The van der Waals surface area contributed by atoms with Gasteiger partial charge in [-0.05, 0) is 54.0 Å². The first-order valence-corrected chi connectivity index (χ1v) is 13.6. The summed E-state index contributed by atoms with van der Waals surface area (Å²) in [7, 11) is 0. The van der Waals surface area contributed by atoms with Gasteiger partial charge >= 0.3 is 0 Å². The van der Waals surface area contributed by atoms with Crippen molar-refractivity contribution in [3.8, 4) is 5.75 Å². The molecular formula is C29H31FN2O4S. The second-order valence-electron chi connectivity index (χ2n) is 9.47. The molecule has 2 amide bonds. The van der Waals surface area contributed by atoms with E-state index in [1.807, 2.05) is 41.8 Å². The number of halogens is 1. The Morgan fingerprint density at radius 1 is 1.11 bits per heavy atom. The fourth-order valence-corrected chi connectivity index (χ4v) is 5.96. The quantitative estimate of drug-likeness (QED) is 0.411. The van der Waals surface area contributed by atoms with Crippen LogP contribution in [-0.2, 0) is 27.2 Å². The van der Waals surface area contributed by atoms with E-state index in [-0.39, 0.29) is 49.3 Å². The lowest BCUT2D eigenvalue weighted by molar-refractivity contribution is -0.143. The van der Waals surface area contributed by atoms with Gasteiger partial charge < -0.3 is 19.3 Å². The second kappa shape index (κ2) is 11.9. The highest BCUT2D eigenvalue weighted by Crippen LogP contribution is 2.34. The topological polar surface area (TPSA) is 59.1 Å². The van der Waals surface area contributed by atoms with E-state index in [1.165, 1.54) is 10.9 Å². The van der Waals surface area contributed by atoms with Gasteiger partial charge in [-0.25, -0.2) is 4.39 Å². The Morgan fingerprint density at radius 3 is 2.70 bits per heavy atom. The Hall–Kier alpha value is -3.23. The van der Waals surface area contributed by atoms with Gasteiger partial charge in [-0.2, -0.15) is 0 Å². The minimum Gasteiger partial charge on any atom is -0.488 e. The van der Waals surface area contributed by atoms with Gasteiger partial charge in [0.15, 0.2) is 11.6 Å². The summed E-state index contributed by atoms with van der Waals surface area (Å²) in [5, 5.41) is 2.02. The molecule has 3 heterocycles. The molecule has 0 N–H and O–H groups in total. The average Bonchev–Trinajstić information content (AvgIpc) is 3.60. The number of ether oxygens (including phenoxy) is 2. The van der Waals surface area contributed by atoms with Crippen molar-refractivity contribution in [1.29, 1.82) is 0 Å². The van der Waals surface area contributed by atoms with Crippen LogP contribution in [0.5, 0.6) is 5.75 Å². The Bertz CT molecular complexity index is 1210. The maximum Gasteiger partial charge on any atom is 0.242 e. The molecule has 5 rings (SSSR count). The molecule has 37 heavy (non-hydrogen) atoms. The van der Waals surface area contributed by atoms with Crippen molar-refractivity contribution < 1.29 is 23.5 Å². The number of benzene rings is 2. The fraction of sp³-hybridized carbons (Fsp3) is 0.379. The van der Waals surface area contributed by atoms with Crippen molar-refractivity contribution in [1.82, 2.24) is 9.80 Å². The van der Waals surface area contributed by atoms with Crippen molar-refractivity contribution in [3.05, 3.63) is 87.9 Å². The van der Waals surface area contributed by atoms with Crippen LogP contribution in [0.25, 0.3) is 0 Å². The number of carbonyl (C=O) groups is 2. The van der Waals surface area contributed by atoms with Crippen LogP contribution in [0, 0.1) is 5.82 Å². The molecule has 2 aliphatic heterocycles. The Labute approximate surface area is 220 Å². The Morgan fingerprint density at radius 2 is 1.92 bits per heavy atom. The minimum atomic E-state index is -0.434. The number of para-hydroxylation sites is 1. The zero-order valence-corrected chi connectivity index (χ0v) is 21.5. The van der Waals surface area contributed by atoms with Crippen molar-refractivity contribution in [2.75, 3.05) is 32.8 Å². The number of hydrogen-bond acceptors (Lipinski definition) is 5. The average molecular weight is 523 g/mol. The van der Waals surface area contributed by atoms with Gasteiger partial charge in [0.25, 0.3) is 0 Å². The van der Waals surface area contributed by atoms with Crippen LogP contribution in [0.2, 0.25) is 0 Å². The van der Waals surface area contributed by atoms with Crippen LogP contribution < -0.4 is 4.74 Å². The van der Waals surface area contributed by atoms with Gasteiger partial charge in [0.05, 0.1) is 25.1 Å². The highest BCUT2D eigenvalue weighted by Gasteiger charge is 2.34. The zero-order valence-electron chi connectivity index (χ0n) is 20.7. The summed E-state index contributed by atoms with van der Waals surface area (Å²) in [6.07, 6.45) is 2.76. The molecule has 2 aliphatic rings. The summed E-state index contributed by atoms with van der Waals surface area (Å²) in [5.74, 6) is -0.507. The monoisotopic (exact) mass is 522 g/mol. The Balaban J connectivity index is 1.32. The number of hydrogen-bond donors (Lipinski definition) is 0. The summed E-state index contributed by atoms with van der Waals surface area (Å²) in [6.45, 7) is 1.72. The van der Waals surface area contributed by atoms with Crippen molar-refractivity contribution in [3.63, 3.8) is 0 Å². The van der Waals surface area contributed by atoms with Crippen molar-refractivity contribution in [2.24, 2.45) is 0 Å². The van der Waals surface area contributed by atoms with Gasteiger partial charge in [0, 0.05) is 24.6 Å². The number of rotatable bonds is 9. The van der Waals surface area contributed by atoms with Crippen LogP contribution in [-0.4, -0.2) is 60.6 Å². The van der Waals surface area contributed by atoms with E-state index >= 15 is 0 Å². The molecule has 2 atom stereocenters. The molecule has 0 unspecified atom stereocenters. The van der Waals surface area contributed by atoms with Gasteiger partial charge in [-0.1, -0.05) is 42.5 Å². The molecule has 0 aliphatic carbocycles. The molecule has 1 fully saturated rings. The number of amides is 2. The summed E-state index contributed by atoms with van der Waals surface area (Å²) >= 11 is 1.66. The first-order valence-electron chi connectivity index (χ1n) is 12.7. The molecule has 0 radical (unpaired) electrons. The molecule has 0 bridgehead atoms. The van der Waals surface area contributed by atoms with E-state index in [4.69, 9.17) is 9.47 Å². The highest BCUT2D eigenvalue weighted by atomic mass is 32.1. The van der Waals surface area contributed by atoms with Crippen LogP contribution in [0.3, 0.4) is 0 Å². The molecule has 8 heteroatoms. The lowest BCUT2D eigenvalue weighted by atomic mass is 10.00. The largest absolute Gasteiger partial charge is 0.488 e. The maximum atomic E-state index is 14.2. The molecule has 2 aromatic carbocycles. The predicted octanol–water partition coefficient (Wildman–Crippen LogP) is 4.64. The molecule has 1 saturated heterocycles. The van der Waals surface area contributed by atoms with E-state index in [1.54, 1.807) is 39.3 Å². The number of fused-ring (bicyclic) bond motifs is 1. The van der Waals surface area contributed by atoms with E-state index in [2.05, 4.69) is 0 Å². The van der Waals surface area contributed by atoms with Crippen molar-refractivity contribution >= 4 is 23.2 Å². The molecule has 194 valence electrons.